The van der Waals surface area contributed by atoms with E-state index in [0.29, 0.717) is 19.3 Å². The van der Waals surface area contributed by atoms with Crippen molar-refractivity contribution in [1.29, 1.82) is 0 Å². The summed E-state index contributed by atoms with van der Waals surface area (Å²) in [5.74, 6) is -0.241. The molecule has 1 atom stereocenters. The van der Waals surface area contributed by atoms with Gasteiger partial charge in [0.25, 0.3) is 0 Å². The van der Waals surface area contributed by atoms with Crippen LogP contribution in [0, 0.1) is 12.7 Å². The third-order valence-electron chi connectivity index (χ3n) is 3.79. The van der Waals surface area contributed by atoms with Crippen LogP contribution in [-0.4, -0.2) is 30.5 Å². The van der Waals surface area contributed by atoms with Gasteiger partial charge < -0.3 is 15.2 Å². The molecule has 0 radical (unpaired) electrons. The van der Waals surface area contributed by atoms with Crippen molar-refractivity contribution in [3.63, 3.8) is 0 Å². The fraction of sp³-hybridized carbons (Fsp3) is 0.625. The molecule has 1 unspecified atom stereocenters. The summed E-state index contributed by atoms with van der Waals surface area (Å²) in [6.07, 6.45) is 5.75. The molecule has 1 aromatic rings. The maximum atomic E-state index is 13.0. The fourth-order valence-electron chi connectivity index (χ4n) is 2.59. The van der Waals surface area contributed by atoms with Crippen molar-refractivity contribution in [2.75, 3.05) is 18.5 Å². The molecule has 0 spiro atoms. The number of hydrogen-bond donors (Lipinski definition) is 2. The van der Waals surface area contributed by atoms with Gasteiger partial charge in [-0.1, -0.05) is 19.3 Å². The molecule has 0 aromatic heterocycles. The number of benzene rings is 1. The SMILES string of the molecule is Cc1cc(F)ccc1NCC(O)COC1CCCCC1. The van der Waals surface area contributed by atoms with E-state index in [1.165, 1.54) is 31.4 Å². The summed E-state index contributed by atoms with van der Waals surface area (Å²) >= 11 is 0. The molecule has 112 valence electrons. The number of aliphatic hydroxyl groups is 1. The Bertz CT molecular complexity index is 419. The molecule has 1 saturated carbocycles. The average Bonchev–Trinajstić information content (AvgIpc) is 2.45. The zero-order chi connectivity index (χ0) is 14.4. The van der Waals surface area contributed by atoms with Gasteiger partial charge in [-0.2, -0.15) is 0 Å². The minimum atomic E-state index is -0.540. The number of rotatable bonds is 6. The first kappa shape index (κ1) is 15.3. The van der Waals surface area contributed by atoms with Gasteiger partial charge in [-0.05, 0) is 43.5 Å². The molecule has 0 bridgehead atoms. The van der Waals surface area contributed by atoms with E-state index >= 15 is 0 Å². The summed E-state index contributed by atoms with van der Waals surface area (Å²) in [4.78, 5) is 0. The van der Waals surface area contributed by atoms with Crippen molar-refractivity contribution in [3.05, 3.63) is 29.6 Å². The first-order chi connectivity index (χ1) is 9.65. The van der Waals surface area contributed by atoms with E-state index in [9.17, 15) is 9.50 Å². The molecule has 0 amide bonds. The van der Waals surface area contributed by atoms with Gasteiger partial charge in [0.05, 0.1) is 18.8 Å². The number of aryl methyl sites for hydroxylation is 1. The van der Waals surface area contributed by atoms with Crippen LogP contribution >= 0.6 is 0 Å². The summed E-state index contributed by atoms with van der Waals surface area (Å²) < 4.78 is 18.7. The van der Waals surface area contributed by atoms with E-state index in [4.69, 9.17) is 4.74 Å². The highest BCUT2D eigenvalue weighted by molar-refractivity contribution is 5.50. The average molecular weight is 281 g/mol. The van der Waals surface area contributed by atoms with Crippen LogP contribution < -0.4 is 5.32 Å². The third kappa shape index (κ3) is 4.76. The van der Waals surface area contributed by atoms with Crippen molar-refractivity contribution in [2.45, 2.75) is 51.2 Å². The van der Waals surface area contributed by atoms with Crippen molar-refractivity contribution in [2.24, 2.45) is 0 Å². The molecule has 1 fully saturated rings. The zero-order valence-corrected chi connectivity index (χ0v) is 12.1. The van der Waals surface area contributed by atoms with Crippen molar-refractivity contribution in [1.82, 2.24) is 0 Å². The topological polar surface area (TPSA) is 41.5 Å². The Morgan fingerprint density at radius 1 is 1.35 bits per heavy atom. The van der Waals surface area contributed by atoms with Crippen LogP contribution in [0.3, 0.4) is 0 Å². The molecular formula is C16H24FNO2. The molecule has 2 N–H and O–H groups in total. The lowest BCUT2D eigenvalue weighted by Gasteiger charge is -2.23. The molecule has 3 nitrogen and oxygen atoms in total. The van der Waals surface area contributed by atoms with Gasteiger partial charge in [-0.3, -0.25) is 0 Å². The smallest absolute Gasteiger partial charge is 0.123 e. The van der Waals surface area contributed by atoms with Crippen molar-refractivity contribution < 1.29 is 14.2 Å². The number of aliphatic hydroxyl groups excluding tert-OH is 1. The number of hydrogen-bond acceptors (Lipinski definition) is 3. The predicted octanol–water partition coefficient (Wildman–Crippen LogP) is 3.26. The summed E-state index contributed by atoms with van der Waals surface area (Å²) in [5.41, 5.74) is 1.69. The normalized spacial score (nSPS) is 17.9. The van der Waals surface area contributed by atoms with Crippen LogP contribution in [0.15, 0.2) is 18.2 Å². The molecular weight excluding hydrogens is 257 g/mol. The molecule has 1 aliphatic carbocycles. The first-order valence-corrected chi connectivity index (χ1v) is 7.45. The van der Waals surface area contributed by atoms with Gasteiger partial charge >= 0.3 is 0 Å². The second kappa shape index (κ2) is 7.60. The van der Waals surface area contributed by atoms with Gasteiger partial charge in [-0.15, -0.1) is 0 Å². The Morgan fingerprint density at radius 2 is 2.10 bits per heavy atom. The van der Waals surface area contributed by atoms with Gasteiger partial charge in [0, 0.05) is 12.2 Å². The molecule has 1 aromatic carbocycles. The second-order valence-corrected chi connectivity index (χ2v) is 5.59. The number of halogens is 1. The molecule has 2 rings (SSSR count). The minimum absolute atomic E-state index is 0.241. The van der Waals surface area contributed by atoms with Crippen molar-refractivity contribution in [3.8, 4) is 0 Å². The van der Waals surface area contributed by atoms with E-state index in [0.717, 1.165) is 24.1 Å². The largest absolute Gasteiger partial charge is 0.389 e. The van der Waals surface area contributed by atoms with Gasteiger partial charge in [0.1, 0.15) is 5.82 Å². The molecule has 0 saturated heterocycles. The summed E-state index contributed by atoms with van der Waals surface area (Å²) in [6, 6.07) is 4.59. The van der Waals surface area contributed by atoms with E-state index in [1.807, 2.05) is 6.92 Å². The lowest BCUT2D eigenvalue weighted by molar-refractivity contribution is -0.0195. The van der Waals surface area contributed by atoms with Gasteiger partial charge in [-0.25, -0.2) is 4.39 Å². The Morgan fingerprint density at radius 3 is 2.80 bits per heavy atom. The van der Waals surface area contributed by atoms with Crippen LogP contribution in [0.4, 0.5) is 10.1 Å². The van der Waals surface area contributed by atoms with E-state index in [1.54, 1.807) is 6.07 Å². The number of nitrogens with one attached hydrogen (secondary N) is 1. The summed E-state index contributed by atoms with van der Waals surface area (Å²) in [6.45, 7) is 2.62. The molecule has 1 aliphatic rings. The predicted molar refractivity (Wildman–Crippen MR) is 78.5 cm³/mol. The lowest BCUT2D eigenvalue weighted by atomic mass is 9.98. The monoisotopic (exact) mass is 281 g/mol. The maximum absolute atomic E-state index is 13.0. The highest BCUT2D eigenvalue weighted by Crippen LogP contribution is 2.20. The van der Waals surface area contributed by atoms with Crippen LogP contribution in [0.5, 0.6) is 0 Å². The summed E-state index contributed by atoms with van der Waals surface area (Å²) in [7, 11) is 0. The van der Waals surface area contributed by atoms with Crippen LogP contribution in [-0.2, 0) is 4.74 Å². The van der Waals surface area contributed by atoms with Crippen LogP contribution in [0.1, 0.15) is 37.7 Å². The molecule has 4 heteroatoms. The Hall–Kier alpha value is -1.13. The van der Waals surface area contributed by atoms with Crippen LogP contribution in [0.2, 0.25) is 0 Å². The molecule has 20 heavy (non-hydrogen) atoms. The Balaban J connectivity index is 1.70. The van der Waals surface area contributed by atoms with E-state index < -0.39 is 6.10 Å². The lowest BCUT2D eigenvalue weighted by Crippen LogP contribution is -2.28. The first-order valence-electron chi connectivity index (χ1n) is 7.45. The third-order valence-corrected chi connectivity index (χ3v) is 3.79. The zero-order valence-electron chi connectivity index (χ0n) is 12.1. The second-order valence-electron chi connectivity index (χ2n) is 5.59. The number of anilines is 1. The molecule has 0 heterocycles. The van der Waals surface area contributed by atoms with E-state index in [-0.39, 0.29) is 5.82 Å². The minimum Gasteiger partial charge on any atom is -0.389 e. The Kier molecular flexibility index (Phi) is 5.80. The highest BCUT2D eigenvalue weighted by atomic mass is 19.1. The quantitative estimate of drug-likeness (QED) is 0.841. The van der Waals surface area contributed by atoms with Gasteiger partial charge in [0.15, 0.2) is 0 Å². The maximum Gasteiger partial charge on any atom is 0.123 e. The fourth-order valence-corrected chi connectivity index (χ4v) is 2.59. The standard InChI is InChI=1S/C16H24FNO2/c1-12-9-13(17)7-8-16(12)18-10-14(19)11-20-15-5-3-2-4-6-15/h7-9,14-15,18-19H,2-6,10-11H2,1H3. The van der Waals surface area contributed by atoms with Crippen LogP contribution in [0.25, 0.3) is 0 Å². The van der Waals surface area contributed by atoms with E-state index in [2.05, 4.69) is 5.32 Å². The number of ether oxygens (including phenoxy) is 1. The summed E-state index contributed by atoms with van der Waals surface area (Å²) in [5, 5.41) is 13.1. The molecule has 0 aliphatic heterocycles. The van der Waals surface area contributed by atoms with Gasteiger partial charge in [0.2, 0.25) is 0 Å². The Labute approximate surface area is 120 Å². The highest BCUT2D eigenvalue weighted by Gasteiger charge is 2.15. The van der Waals surface area contributed by atoms with Crippen molar-refractivity contribution >= 4 is 5.69 Å².